The molecule has 3 aromatic rings. The van der Waals surface area contributed by atoms with E-state index in [1.807, 2.05) is 54.7 Å². The summed E-state index contributed by atoms with van der Waals surface area (Å²) in [4.78, 5) is 27.1. The molecule has 0 saturated heterocycles. The molecule has 1 atom stereocenters. The minimum atomic E-state index is -0.406. The Balaban J connectivity index is 1.16. The summed E-state index contributed by atoms with van der Waals surface area (Å²) in [5.41, 5.74) is 2.09. The molecule has 0 saturated carbocycles. The lowest BCUT2D eigenvalue weighted by molar-refractivity contribution is -0.148. The molecule has 7 heteroatoms. The third-order valence-corrected chi connectivity index (χ3v) is 4.73. The highest BCUT2D eigenvalue weighted by molar-refractivity contribution is 5.84. The number of carbonyl (C=O) groups is 2. The van der Waals surface area contributed by atoms with Crippen molar-refractivity contribution in [3.63, 3.8) is 0 Å². The molecular weight excluding hydrogens is 372 g/mol. The van der Waals surface area contributed by atoms with Crippen LogP contribution in [-0.2, 0) is 20.7 Å². The Morgan fingerprint density at radius 2 is 1.90 bits per heavy atom. The topological polar surface area (TPSA) is 89.7 Å². The largest absolute Gasteiger partial charge is 0.486 e. The van der Waals surface area contributed by atoms with E-state index in [2.05, 4.69) is 10.3 Å². The summed E-state index contributed by atoms with van der Waals surface area (Å²) < 4.78 is 16.4. The van der Waals surface area contributed by atoms with Crippen LogP contribution in [0.4, 0.5) is 0 Å². The highest BCUT2D eigenvalue weighted by Gasteiger charge is 2.21. The number of aryl methyl sites for hydroxylation is 1. The maximum atomic E-state index is 12.0. The maximum absolute atomic E-state index is 12.0. The number of hydrogen-bond donors (Lipinski definition) is 2. The summed E-state index contributed by atoms with van der Waals surface area (Å²) in [5, 5.41) is 3.80. The van der Waals surface area contributed by atoms with Crippen molar-refractivity contribution < 1.29 is 23.8 Å². The average molecular weight is 394 g/mol. The van der Waals surface area contributed by atoms with Crippen LogP contribution >= 0.6 is 0 Å². The summed E-state index contributed by atoms with van der Waals surface area (Å²) in [6.07, 6.45) is 2.38. The molecule has 29 heavy (non-hydrogen) atoms. The lowest BCUT2D eigenvalue weighted by Gasteiger charge is -2.26. The van der Waals surface area contributed by atoms with Crippen LogP contribution in [0.25, 0.3) is 10.9 Å². The molecule has 0 fully saturated rings. The van der Waals surface area contributed by atoms with Crippen molar-refractivity contribution in [2.24, 2.45) is 0 Å². The van der Waals surface area contributed by atoms with Crippen LogP contribution in [0.3, 0.4) is 0 Å². The first kappa shape index (κ1) is 18.9. The second-order valence-electron chi connectivity index (χ2n) is 6.82. The second kappa shape index (κ2) is 8.68. The second-order valence-corrected chi connectivity index (χ2v) is 6.82. The number of H-pyrrole nitrogens is 1. The van der Waals surface area contributed by atoms with E-state index in [0.717, 1.165) is 16.5 Å². The van der Waals surface area contributed by atoms with Crippen molar-refractivity contribution in [2.45, 2.75) is 18.9 Å². The molecule has 0 spiro atoms. The van der Waals surface area contributed by atoms with Crippen molar-refractivity contribution in [3.05, 3.63) is 60.3 Å². The molecule has 1 amide bonds. The number of amides is 1. The predicted molar refractivity (Wildman–Crippen MR) is 107 cm³/mol. The molecule has 2 heterocycles. The van der Waals surface area contributed by atoms with Gasteiger partial charge in [0.05, 0.1) is 6.54 Å². The predicted octanol–water partition coefficient (Wildman–Crippen LogP) is 2.60. The van der Waals surface area contributed by atoms with Crippen LogP contribution in [0, 0.1) is 0 Å². The van der Waals surface area contributed by atoms with Crippen molar-refractivity contribution in [2.75, 3.05) is 19.8 Å². The van der Waals surface area contributed by atoms with Crippen LogP contribution in [0.1, 0.15) is 12.0 Å². The van der Waals surface area contributed by atoms with Gasteiger partial charge in [0.15, 0.2) is 18.1 Å². The van der Waals surface area contributed by atoms with Crippen molar-refractivity contribution >= 4 is 22.8 Å². The molecule has 0 radical (unpaired) electrons. The normalized spacial score (nSPS) is 15.1. The Bertz CT molecular complexity index is 1010. The lowest BCUT2D eigenvalue weighted by atomic mass is 10.1. The molecule has 1 aromatic heterocycles. The van der Waals surface area contributed by atoms with Crippen LogP contribution < -0.4 is 14.8 Å². The monoisotopic (exact) mass is 394 g/mol. The van der Waals surface area contributed by atoms with Crippen molar-refractivity contribution in [1.82, 2.24) is 10.3 Å². The number of hydrogen-bond acceptors (Lipinski definition) is 5. The van der Waals surface area contributed by atoms with Crippen molar-refractivity contribution in [3.8, 4) is 11.5 Å². The molecule has 1 aliphatic rings. The first-order valence-electron chi connectivity index (χ1n) is 9.55. The smallest absolute Gasteiger partial charge is 0.306 e. The highest BCUT2D eigenvalue weighted by Crippen LogP contribution is 2.30. The zero-order valence-corrected chi connectivity index (χ0v) is 15.9. The van der Waals surface area contributed by atoms with E-state index in [4.69, 9.17) is 14.2 Å². The zero-order valence-electron chi connectivity index (χ0n) is 15.9. The highest BCUT2D eigenvalue weighted by atomic mass is 16.6. The van der Waals surface area contributed by atoms with Crippen molar-refractivity contribution in [1.29, 1.82) is 0 Å². The summed E-state index contributed by atoms with van der Waals surface area (Å²) in [5.74, 6) is 0.574. The van der Waals surface area contributed by atoms with E-state index in [1.54, 1.807) is 0 Å². The summed E-state index contributed by atoms with van der Waals surface area (Å²) in [6.45, 7) is 0.318. The van der Waals surface area contributed by atoms with E-state index in [1.165, 1.54) is 0 Å². The third kappa shape index (κ3) is 4.68. The van der Waals surface area contributed by atoms with Gasteiger partial charge >= 0.3 is 5.97 Å². The first-order chi connectivity index (χ1) is 14.2. The zero-order chi connectivity index (χ0) is 20.1. The number of benzene rings is 2. The minimum Gasteiger partial charge on any atom is -0.486 e. The Labute approximate surface area is 168 Å². The fraction of sp³-hybridized carbons (Fsp3) is 0.273. The molecule has 2 N–H and O–H groups in total. The van der Waals surface area contributed by atoms with Gasteiger partial charge in [-0.2, -0.15) is 0 Å². The van der Waals surface area contributed by atoms with Crippen LogP contribution in [0.15, 0.2) is 54.7 Å². The Morgan fingerprint density at radius 3 is 2.79 bits per heavy atom. The van der Waals surface area contributed by atoms with Gasteiger partial charge in [0.2, 0.25) is 0 Å². The summed E-state index contributed by atoms with van der Waals surface area (Å²) in [7, 11) is 0. The van der Waals surface area contributed by atoms with Gasteiger partial charge in [0.1, 0.15) is 12.7 Å². The van der Waals surface area contributed by atoms with Gasteiger partial charge in [-0.05, 0) is 30.2 Å². The molecule has 2 aromatic carbocycles. The van der Waals surface area contributed by atoms with Gasteiger partial charge in [-0.1, -0.05) is 30.3 Å². The number of para-hydroxylation sites is 3. The van der Waals surface area contributed by atoms with E-state index < -0.39 is 5.97 Å². The van der Waals surface area contributed by atoms with E-state index >= 15 is 0 Å². The molecule has 0 aliphatic carbocycles. The van der Waals surface area contributed by atoms with Crippen LogP contribution in [0.5, 0.6) is 11.5 Å². The fourth-order valence-electron chi connectivity index (χ4n) is 3.24. The van der Waals surface area contributed by atoms with E-state index in [-0.39, 0.29) is 31.6 Å². The fourth-order valence-corrected chi connectivity index (χ4v) is 3.24. The third-order valence-electron chi connectivity index (χ3n) is 4.73. The Hall–Kier alpha value is -3.48. The van der Waals surface area contributed by atoms with Crippen LogP contribution in [0.2, 0.25) is 0 Å². The summed E-state index contributed by atoms with van der Waals surface area (Å²) >= 11 is 0. The molecule has 4 rings (SSSR count). The maximum Gasteiger partial charge on any atom is 0.306 e. The molecular formula is C22H22N2O5. The first-order valence-corrected chi connectivity index (χ1v) is 9.55. The van der Waals surface area contributed by atoms with Gasteiger partial charge in [-0.25, -0.2) is 0 Å². The summed E-state index contributed by atoms with van der Waals surface area (Å²) in [6, 6.07) is 15.3. The number of carbonyl (C=O) groups excluding carboxylic acids is 2. The lowest BCUT2D eigenvalue weighted by Crippen LogP contribution is -2.42. The molecule has 0 unspecified atom stereocenters. The molecule has 1 aliphatic heterocycles. The number of ether oxygens (including phenoxy) is 3. The van der Waals surface area contributed by atoms with Gasteiger partial charge in [-0.3, -0.25) is 9.59 Å². The number of rotatable bonds is 7. The SMILES string of the molecule is O=C(COC(=O)CCc1c[nH]c2ccccc12)NC[C@@H]1COc2ccccc2O1. The molecule has 150 valence electrons. The molecule has 0 bridgehead atoms. The standard InChI is InChI=1S/C22H22N2O5/c25-21(24-12-16-13-27-19-7-3-4-8-20(19)29-16)14-28-22(26)10-9-15-11-23-18-6-2-1-5-17(15)18/h1-8,11,16,23H,9-10,12-14H2,(H,24,25)/t16-/m1/s1. The quantitative estimate of drug-likeness (QED) is 0.601. The van der Waals surface area contributed by atoms with E-state index in [0.29, 0.717) is 24.5 Å². The minimum absolute atomic E-state index is 0.214. The van der Waals surface area contributed by atoms with E-state index in [9.17, 15) is 9.59 Å². The number of esters is 1. The van der Waals surface area contributed by atoms with Gasteiger partial charge in [0.25, 0.3) is 5.91 Å². The van der Waals surface area contributed by atoms with Gasteiger partial charge in [0, 0.05) is 23.5 Å². The Kier molecular flexibility index (Phi) is 5.65. The number of aromatic nitrogens is 1. The number of aromatic amines is 1. The van der Waals surface area contributed by atoms with Gasteiger partial charge in [-0.15, -0.1) is 0 Å². The van der Waals surface area contributed by atoms with Crippen LogP contribution in [-0.4, -0.2) is 42.7 Å². The molecule has 7 nitrogen and oxygen atoms in total. The van der Waals surface area contributed by atoms with Gasteiger partial charge < -0.3 is 24.5 Å². The Morgan fingerprint density at radius 1 is 1.10 bits per heavy atom. The number of nitrogens with one attached hydrogen (secondary N) is 2. The average Bonchev–Trinajstić information content (AvgIpc) is 3.18. The number of fused-ring (bicyclic) bond motifs is 2.